The minimum absolute atomic E-state index is 0.759. The molecule has 0 saturated carbocycles. The molecule has 0 spiro atoms. The van der Waals surface area contributed by atoms with E-state index >= 15 is 0 Å². The van der Waals surface area contributed by atoms with Crippen LogP contribution >= 0.6 is 0 Å². The topological polar surface area (TPSA) is 49.9 Å². The molecule has 4 nitrogen and oxygen atoms in total. The van der Waals surface area contributed by atoms with E-state index in [1.165, 1.54) is 5.56 Å². The lowest BCUT2D eigenvalue weighted by atomic mass is 10.2. The molecular weight excluding hydrogens is 262 g/mol. The maximum Gasteiger partial charge on any atom is 0.137 e. The van der Waals surface area contributed by atoms with Gasteiger partial charge in [0.25, 0.3) is 0 Å². The number of anilines is 1. The highest BCUT2D eigenvalue weighted by Crippen LogP contribution is 2.19. The molecule has 0 radical (unpaired) electrons. The van der Waals surface area contributed by atoms with Crippen molar-refractivity contribution in [2.45, 2.75) is 19.9 Å². The fraction of sp³-hybridized carbons (Fsp3) is 0.235. The first-order chi connectivity index (χ1) is 10.4. The number of H-pyrrole nitrogens is 1. The molecule has 2 N–H and O–H groups in total. The summed E-state index contributed by atoms with van der Waals surface area (Å²) in [5.74, 6) is 0.915. The maximum absolute atomic E-state index is 5.58. The fourth-order valence-corrected chi connectivity index (χ4v) is 2.25. The summed E-state index contributed by atoms with van der Waals surface area (Å²) in [7, 11) is 0. The first-order valence-corrected chi connectivity index (χ1v) is 7.24. The zero-order valence-electron chi connectivity index (χ0n) is 12.1. The van der Waals surface area contributed by atoms with Gasteiger partial charge >= 0.3 is 0 Å². The Bertz CT molecular complexity index is 703. The average molecular weight is 281 g/mol. The van der Waals surface area contributed by atoms with Gasteiger partial charge in [-0.05, 0) is 48.4 Å². The Morgan fingerprint density at radius 1 is 1.19 bits per heavy atom. The normalized spacial score (nSPS) is 10.7. The van der Waals surface area contributed by atoms with Gasteiger partial charge in [0, 0.05) is 30.0 Å². The molecule has 3 aromatic rings. The zero-order chi connectivity index (χ0) is 14.5. The molecule has 21 heavy (non-hydrogen) atoms. The zero-order valence-corrected chi connectivity index (χ0v) is 12.1. The van der Waals surface area contributed by atoms with Crippen molar-refractivity contribution < 1.29 is 4.74 Å². The van der Waals surface area contributed by atoms with Crippen LogP contribution in [0.3, 0.4) is 0 Å². The van der Waals surface area contributed by atoms with Gasteiger partial charge in [0.1, 0.15) is 11.4 Å². The number of nitrogens with one attached hydrogen (secondary N) is 2. The van der Waals surface area contributed by atoms with Gasteiger partial charge in [-0.1, -0.05) is 6.92 Å². The van der Waals surface area contributed by atoms with Crippen LogP contribution in [-0.4, -0.2) is 16.6 Å². The van der Waals surface area contributed by atoms with Crippen molar-refractivity contribution in [1.82, 2.24) is 9.97 Å². The highest BCUT2D eigenvalue weighted by atomic mass is 16.5. The molecule has 0 aliphatic heterocycles. The number of hydrogen-bond donors (Lipinski definition) is 2. The quantitative estimate of drug-likeness (QED) is 0.719. The Morgan fingerprint density at radius 2 is 2.05 bits per heavy atom. The lowest BCUT2D eigenvalue weighted by molar-refractivity contribution is 0.317. The molecule has 0 atom stereocenters. The number of ether oxygens (including phenoxy) is 1. The predicted molar refractivity (Wildman–Crippen MR) is 85.6 cm³/mol. The maximum atomic E-state index is 5.58. The standard InChI is InChI=1S/C17H19N3O/c1-2-10-21-15-7-5-14(6-8-15)19-11-13-12-20-17-16(13)4-3-9-18-17/h3-9,12,19H,2,10-11H2,1H3,(H,18,20). The number of benzene rings is 1. The van der Waals surface area contributed by atoms with Crippen molar-refractivity contribution in [3.05, 3.63) is 54.4 Å². The first kappa shape index (κ1) is 13.5. The third kappa shape index (κ3) is 3.16. The van der Waals surface area contributed by atoms with E-state index in [4.69, 9.17) is 4.74 Å². The van der Waals surface area contributed by atoms with Crippen molar-refractivity contribution in [2.75, 3.05) is 11.9 Å². The van der Waals surface area contributed by atoms with Gasteiger partial charge in [-0.3, -0.25) is 0 Å². The minimum Gasteiger partial charge on any atom is -0.494 e. The van der Waals surface area contributed by atoms with Gasteiger partial charge in [0.15, 0.2) is 0 Å². The summed E-state index contributed by atoms with van der Waals surface area (Å²) >= 11 is 0. The lowest BCUT2D eigenvalue weighted by Crippen LogP contribution is -1.99. The van der Waals surface area contributed by atoms with Gasteiger partial charge in [0.2, 0.25) is 0 Å². The summed E-state index contributed by atoms with van der Waals surface area (Å²) in [6.07, 6.45) is 4.82. The van der Waals surface area contributed by atoms with E-state index in [-0.39, 0.29) is 0 Å². The predicted octanol–water partition coefficient (Wildman–Crippen LogP) is 3.96. The van der Waals surface area contributed by atoms with E-state index in [0.717, 1.165) is 42.0 Å². The van der Waals surface area contributed by atoms with E-state index in [2.05, 4.69) is 28.3 Å². The molecule has 4 heteroatoms. The van der Waals surface area contributed by atoms with Crippen LogP contribution in [0.15, 0.2) is 48.8 Å². The summed E-state index contributed by atoms with van der Waals surface area (Å²) in [4.78, 5) is 7.48. The van der Waals surface area contributed by atoms with Gasteiger partial charge < -0.3 is 15.0 Å². The van der Waals surface area contributed by atoms with Crippen molar-refractivity contribution in [2.24, 2.45) is 0 Å². The molecular formula is C17H19N3O. The van der Waals surface area contributed by atoms with Crippen LogP contribution < -0.4 is 10.1 Å². The number of rotatable bonds is 6. The number of nitrogens with zero attached hydrogens (tertiary/aromatic N) is 1. The molecule has 108 valence electrons. The van der Waals surface area contributed by atoms with Gasteiger partial charge in [0.05, 0.1) is 6.61 Å². The fourth-order valence-electron chi connectivity index (χ4n) is 2.25. The highest BCUT2D eigenvalue weighted by Gasteiger charge is 2.03. The van der Waals surface area contributed by atoms with Crippen LogP contribution in [0.25, 0.3) is 11.0 Å². The number of hydrogen-bond acceptors (Lipinski definition) is 3. The van der Waals surface area contributed by atoms with Crippen LogP contribution in [0, 0.1) is 0 Å². The smallest absolute Gasteiger partial charge is 0.137 e. The molecule has 0 amide bonds. The second-order valence-corrected chi connectivity index (χ2v) is 4.94. The molecule has 0 unspecified atom stereocenters. The Hall–Kier alpha value is -2.49. The molecule has 0 fully saturated rings. The molecule has 3 rings (SSSR count). The molecule has 2 heterocycles. The Labute approximate surface area is 124 Å². The van der Waals surface area contributed by atoms with E-state index < -0.39 is 0 Å². The molecule has 0 aliphatic rings. The summed E-state index contributed by atoms with van der Waals surface area (Å²) in [5, 5.41) is 4.58. The molecule has 0 saturated heterocycles. The third-order valence-electron chi connectivity index (χ3n) is 3.35. The van der Waals surface area contributed by atoms with Crippen molar-refractivity contribution >= 4 is 16.7 Å². The lowest BCUT2D eigenvalue weighted by Gasteiger charge is -2.08. The van der Waals surface area contributed by atoms with Gasteiger partial charge in [-0.25, -0.2) is 4.98 Å². The van der Waals surface area contributed by atoms with Crippen LogP contribution in [0.1, 0.15) is 18.9 Å². The third-order valence-corrected chi connectivity index (χ3v) is 3.35. The van der Waals surface area contributed by atoms with Crippen molar-refractivity contribution in [3.63, 3.8) is 0 Å². The van der Waals surface area contributed by atoms with E-state index in [0.29, 0.717) is 0 Å². The van der Waals surface area contributed by atoms with Gasteiger partial charge in [-0.15, -0.1) is 0 Å². The highest BCUT2D eigenvalue weighted by molar-refractivity contribution is 5.79. The molecule has 2 aromatic heterocycles. The minimum atomic E-state index is 0.759. The summed E-state index contributed by atoms with van der Waals surface area (Å²) < 4.78 is 5.58. The molecule has 0 bridgehead atoms. The van der Waals surface area contributed by atoms with E-state index in [1.54, 1.807) is 6.20 Å². The number of pyridine rings is 1. The first-order valence-electron chi connectivity index (χ1n) is 7.24. The molecule has 0 aliphatic carbocycles. The van der Waals surface area contributed by atoms with E-state index in [9.17, 15) is 0 Å². The second-order valence-electron chi connectivity index (χ2n) is 4.94. The average Bonchev–Trinajstić information content (AvgIpc) is 2.95. The SMILES string of the molecule is CCCOc1ccc(NCc2c[nH]c3ncccc23)cc1. The van der Waals surface area contributed by atoms with Crippen LogP contribution in [-0.2, 0) is 6.54 Å². The van der Waals surface area contributed by atoms with Crippen LogP contribution in [0.4, 0.5) is 5.69 Å². The van der Waals surface area contributed by atoms with Gasteiger partial charge in [-0.2, -0.15) is 0 Å². The monoisotopic (exact) mass is 281 g/mol. The summed E-state index contributed by atoms with van der Waals surface area (Å²) in [5.41, 5.74) is 3.22. The van der Waals surface area contributed by atoms with Crippen molar-refractivity contribution in [1.29, 1.82) is 0 Å². The van der Waals surface area contributed by atoms with Crippen LogP contribution in [0.5, 0.6) is 5.75 Å². The van der Waals surface area contributed by atoms with Crippen LogP contribution in [0.2, 0.25) is 0 Å². The van der Waals surface area contributed by atoms with E-state index in [1.807, 2.05) is 36.5 Å². The largest absolute Gasteiger partial charge is 0.494 e. The summed E-state index contributed by atoms with van der Waals surface area (Å²) in [6.45, 7) is 3.63. The second kappa shape index (κ2) is 6.31. The Morgan fingerprint density at radius 3 is 2.86 bits per heavy atom. The summed E-state index contributed by atoms with van der Waals surface area (Å²) in [6, 6.07) is 12.1. The Balaban J connectivity index is 1.64. The number of aromatic nitrogens is 2. The Kier molecular flexibility index (Phi) is 4.05. The van der Waals surface area contributed by atoms with Crippen molar-refractivity contribution in [3.8, 4) is 5.75 Å². The number of fused-ring (bicyclic) bond motifs is 1. The number of aromatic amines is 1. The molecule has 1 aromatic carbocycles.